The molecule has 2 aromatic heterocycles. The molecule has 20 heavy (non-hydrogen) atoms. The summed E-state index contributed by atoms with van der Waals surface area (Å²) in [5.41, 5.74) is 1.52. The van der Waals surface area contributed by atoms with Gasteiger partial charge < -0.3 is 9.47 Å². The molecule has 1 atom stereocenters. The van der Waals surface area contributed by atoms with Crippen LogP contribution in [0.4, 0.5) is 0 Å². The highest BCUT2D eigenvalue weighted by atomic mass is 35.5. The van der Waals surface area contributed by atoms with Crippen LogP contribution in [0.25, 0.3) is 10.9 Å². The molecule has 3 rings (SSSR count). The Bertz CT molecular complexity index is 588. The number of aromatic nitrogens is 3. The number of hydrogen-bond acceptors (Lipinski definition) is 5. The van der Waals surface area contributed by atoms with Crippen molar-refractivity contribution in [2.24, 2.45) is 0 Å². The van der Waals surface area contributed by atoms with Gasteiger partial charge in [0.05, 0.1) is 12.3 Å². The molecule has 1 unspecified atom stereocenters. The minimum Gasteiger partial charge on any atom is -0.353 e. The Kier molecular flexibility index (Phi) is 4.40. The molecule has 0 aromatic carbocycles. The molecule has 0 N–H and O–H groups in total. The first kappa shape index (κ1) is 13.7. The molecule has 1 saturated heterocycles. The standard InChI is InChI=1S/C14H16ClN3O2/c15-14-13-10(4-6-16-14)9-11(17-18-13)5-8-20-12-3-1-2-7-19-12/h4,6,9,12H,1-3,5,7-8H2. The minimum atomic E-state index is -0.0594. The van der Waals surface area contributed by atoms with Gasteiger partial charge in [0.1, 0.15) is 5.52 Å². The first-order valence-electron chi connectivity index (χ1n) is 6.83. The molecule has 0 bridgehead atoms. The van der Waals surface area contributed by atoms with E-state index in [1.54, 1.807) is 6.20 Å². The Morgan fingerprint density at radius 3 is 3.15 bits per heavy atom. The van der Waals surface area contributed by atoms with Gasteiger partial charge in [-0.3, -0.25) is 0 Å². The van der Waals surface area contributed by atoms with Gasteiger partial charge >= 0.3 is 0 Å². The van der Waals surface area contributed by atoms with Crippen molar-refractivity contribution >= 4 is 22.5 Å². The molecule has 2 aromatic rings. The second-order valence-corrected chi connectivity index (χ2v) is 5.15. The molecule has 1 aliphatic rings. The van der Waals surface area contributed by atoms with E-state index in [0.29, 0.717) is 23.7 Å². The zero-order valence-electron chi connectivity index (χ0n) is 11.1. The van der Waals surface area contributed by atoms with Crippen LogP contribution in [0.3, 0.4) is 0 Å². The zero-order valence-corrected chi connectivity index (χ0v) is 11.8. The average molecular weight is 294 g/mol. The molecular formula is C14H16ClN3O2. The highest BCUT2D eigenvalue weighted by molar-refractivity contribution is 6.33. The van der Waals surface area contributed by atoms with Gasteiger partial charge in [0.25, 0.3) is 0 Å². The topological polar surface area (TPSA) is 57.1 Å². The Labute approximate surface area is 122 Å². The van der Waals surface area contributed by atoms with Crippen molar-refractivity contribution in [2.75, 3.05) is 13.2 Å². The van der Waals surface area contributed by atoms with Crippen LogP contribution in [0.5, 0.6) is 0 Å². The van der Waals surface area contributed by atoms with Crippen LogP contribution in [-0.2, 0) is 15.9 Å². The van der Waals surface area contributed by atoms with Crippen LogP contribution in [0.2, 0.25) is 5.15 Å². The van der Waals surface area contributed by atoms with Gasteiger partial charge in [-0.2, -0.15) is 5.10 Å². The summed E-state index contributed by atoms with van der Waals surface area (Å²) in [5.74, 6) is 0. The summed E-state index contributed by atoms with van der Waals surface area (Å²) in [6.07, 6.45) is 5.60. The Morgan fingerprint density at radius 2 is 2.30 bits per heavy atom. The summed E-state index contributed by atoms with van der Waals surface area (Å²) in [7, 11) is 0. The van der Waals surface area contributed by atoms with E-state index < -0.39 is 0 Å². The Balaban J connectivity index is 1.60. The summed E-state index contributed by atoms with van der Waals surface area (Å²) in [6.45, 7) is 1.38. The molecule has 0 spiro atoms. The van der Waals surface area contributed by atoms with Gasteiger partial charge in [0, 0.05) is 24.6 Å². The van der Waals surface area contributed by atoms with Crippen LogP contribution in [0.15, 0.2) is 18.3 Å². The van der Waals surface area contributed by atoms with Crippen LogP contribution < -0.4 is 0 Å². The van der Waals surface area contributed by atoms with Crippen molar-refractivity contribution in [1.29, 1.82) is 0 Å². The highest BCUT2D eigenvalue weighted by Crippen LogP contribution is 2.18. The SMILES string of the molecule is Clc1nccc2cc(CCOC3CCCCO3)nnc12. The lowest BCUT2D eigenvalue weighted by molar-refractivity contribution is -0.161. The number of rotatable bonds is 4. The molecule has 1 aliphatic heterocycles. The van der Waals surface area contributed by atoms with Crippen molar-refractivity contribution in [3.8, 4) is 0 Å². The summed E-state index contributed by atoms with van der Waals surface area (Å²) < 4.78 is 11.2. The Hall–Kier alpha value is -1.30. The van der Waals surface area contributed by atoms with Gasteiger partial charge in [-0.25, -0.2) is 4.98 Å². The zero-order chi connectivity index (χ0) is 13.8. The van der Waals surface area contributed by atoms with Crippen LogP contribution >= 0.6 is 11.6 Å². The molecule has 6 heteroatoms. The van der Waals surface area contributed by atoms with Gasteiger partial charge in [-0.05, 0) is 31.4 Å². The fourth-order valence-corrected chi connectivity index (χ4v) is 2.44. The third-order valence-electron chi connectivity index (χ3n) is 3.31. The monoisotopic (exact) mass is 293 g/mol. The highest BCUT2D eigenvalue weighted by Gasteiger charge is 2.13. The minimum absolute atomic E-state index is 0.0594. The maximum atomic E-state index is 5.96. The summed E-state index contributed by atoms with van der Waals surface area (Å²) >= 11 is 5.96. The van der Waals surface area contributed by atoms with Crippen molar-refractivity contribution in [3.05, 3.63) is 29.2 Å². The maximum absolute atomic E-state index is 5.96. The molecular weight excluding hydrogens is 278 g/mol. The first-order chi connectivity index (χ1) is 9.83. The van der Waals surface area contributed by atoms with E-state index in [1.165, 1.54) is 6.42 Å². The van der Waals surface area contributed by atoms with E-state index in [4.69, 9.17) is 21.1 Å². The normalized spacial score (nSPS) is 19.4. The van der Waals surface area contributed by atoms with Gasteiger partial charge in [0.15, 0.2) is 11.4 Å². The molecule has 5 nitrogen and oxygen atoms in total. The van der Waals surface area contributed by atoms with E-state index in [0.717, 1.165) is 30.5 Å². The van der Waals surface area contributed by atoms with Gasteiger partial charge in [-0.15, -0.1) is 5.10 Å². The summed E-state index contributed by atoms with van der Waals surface area (Å²) in [4.78, 5) is 3.98. The van der Waals surface area contributed by atoms with Crippen LogP contribution in [0, 0.1) is 0 Å². The fraction of sp³-hybridized carbons (Fsp3) is 0.500. The summed E-state index contributed by atoms with van der Waals surface area (Å²) in [6, 6.07) is 3.85. The number of ether oxygens (including phenoxy) is 2. The van der Waals surface area contributed by atoms with E-state index in [2.05, 4.69) is 15.2 Å². The van der Waals surface area contributed by atoms with Crippen molar-refractivity contribution in [3.63, 3.8) is 0 Å². The van der Waals surface area contributed by atoms with E-state index in [9.17, 15) is 0 Å². The second kappa shape index (κ2) is 6.43. The van der Waals surface area contributed by atoms with E-state index in [1.807, 2.05) is 12.1 Å². The lowest BCUT2D eigenvalue weighted by Gasteiger charge is -2.22. The van der Waals surface area contributed by atoms with Crippen molar-refractivity contribution in [1.82, 2.24) is 15.2 Å². The lowest BCUT2D eigenvalue weighted by atomic mass is 10.2. The average Bonchev–Trinajstić information content (AvgIpc) is 2.48. The number of halogens is 1. The second-order valence-electron chi connectivity index (χ2n) is 4.79. The van der Waals surface area contributed by atoms with Gasteiger partial charge in [-0.1, -0.05) is 11.6 Å². The smallest absolute Gasteiger partial charge is 0.157 e. The molecule has 0 aliphatic carbocycles. The van der Waals surface area contributed by atoms with Crippen molar-refractivity contribution < 1.29 is 9.47 Å². The third-order valence-corrected chi connectivity index (χ3v) is 3.59. The fourth-order valence-electron chi connectivity index (χ4n) is 2.24. The van der Waals surface area contributed by atoms with Gasteiger partial charge in [0.2, 0.25) is 0 Å². The summed E-state index contributed by atoms with van der Waals surface area (Å²) in [5, 5.41) is 9.60. The Morgan fingerprint density at radius 1 is 1.35 bits per heavy atom. The molecule has 1 fully saturated rings. The number of pyridine rings is 1. The largest absolute Gasteiger partial charge is 0.353 e. The molecule has 0 radical (unpaired) electrons. The quantitative estimate of drug-likeness (QED) is 0.811. The van der Waals surface area contributed by atoms with E-state index in [-0.39, 0.29) is 6.29 Å². The lowest BCUT2D eigenvalue weighted by Crippen LogP contribution is -2.23. The number of fused-ring (bicyclic) bond motifs is 1. The first-order valence-corrected chi connectivity index (χ1v) is 7.21. The van der Waals surface area contributed by atoms with Crippen molar-refractivity contribution in [2.45, 2.75) is 32.0 Å². The molecule has 0 amide bonds. The van der Waals surface area contributed by atoms with Crippen LogP contribution in [-0.4, -0.2) is 34.7 Å². The molecule has 0 saturated carbocycles. The predicted octanol–water partition coefficient (Wildman–Crippen LogP) is 2.76. The van der Waals surface area contributed by atoms with E-state index >= 15 is 0 Å². The third kappa shape index (κ3) is 3.23. The molecule has 3 heterocycles. The molecule has 106 valence electrons. The maximum Gasteiger partial charge on any atom is 0.157 e. The predicted molar refractivity (Wildman–Crippen MR) is 75.6 cm³/mol. The number of nitrogens with zero attached hydrogens (tertiary/aromatic N) is 3. The van der Waals surface area contributed by atoms with Crippen LogP contribution in [0.1, 0.15) is 25.0 Å². The number of hydrogen-bond donors (Lipinski definition) is 0.